The van der Waals surface area contributed by atoms with Crippen LogP contribution in [0.25, 0.3) is 0 Å². The van der Waals surface area contributed by atoms with Gasteiger partial charge in [0.1, 0.15) is 11.6 Å². The van der Waals surface area contributed by atoms with E-state index in [1.165, 1.54) is 18.2 Å². The molecule has 142 valence electrons. The van der Waals surface area contributed by atoms with E-state index in [0.717, 1.165) is 0 Å². The van der Waals surface area contributed by atoms with Gasteiger partial charge in [0.15, 0.2) is 0 Å². The van der Waals surface area contributed by atoms with Gasteiger partial charge in [-0.05, 0) is 36.8 Å². The van der Waals surface area contributed by atoms with Crippen molar-refractivity contribution >= 4 is 17.5 Å². The first-order chi connectivity index (χ1) is 12.9. The highest BCUT2D eigenvalue weighted by Gasteiger charge is 2.24. The van der Waals surface area contributed by atoms with Gasteiger partial charge >= 0.3 is 0 Å². The normalized spacial score (nSPS) is 14.9. The Morgan fingerprint density at radius 3 is 2.37 bits per heavy atom. The zero-order valence-electron chi connectivity index (χ0n) is 15.0. The molecule has 0 atom stereocenters. The van der Waals surface area contributed by atoms with E-state index >= 15 is 0 Å². The summed E-state index contributed by atoms with van der Waals surface area (Å²) in [5, 5.41) is 2.55. The Bertz CT molecular complexity index is 849. The standard InChI is InChI=1S/C20H21F2N3O2/c1-14-6-7-15(12-17(14)22)20(27)25-10-8-24(9-11-25)13-19(26)23-18-5-3-2-4-16(18)21/h2-7,12H,8-11,13H2,1H3,(H,23,26). The Labute approximate surface area is 156 Å². The van der Waals surface area contributed by atoms with Crippen LogP contribution in [0, 0.1) is 18.6 Å². The number of halogens is 2. The van der Waals surface area contributed by atoms with Crippen LogP contribution in [-0.4, -0.2) is 54.3 Å². The lowest BCUT2D eigenvalue weighted by Gasteiger charge is -2.34. The summed E-state index contributed by atoms with van der Waals surface area (Å²) in [6.45, 7) is 3.70. The molecule has 1 aliphatic rings. The predicted molar refractivity (Wildman–Crippen MR) is 98.5 cm³/mol. The van der Waals surface area contributed by atoms with Crippen LogP contribution in [0.1, 0.15) is 15.9 Å². The second-order valence-electron chi connectivity index (χ2n) is 6.56. The fourth-order valence-electron chi connectivity index (χ4n) is 2.97. The number of carbonyl (C=O) groups excluding carboxylic acids is 2. The maximum Gasteiger partial charge on any atom is 0.254 e. The molecule has 3 rings (SSSR count). The van der Waals surface area contributed by atoms with Crippen LogP contribution in [0.5, 0.6) is 0 Å². The number of para-hydroxylation sites is 1. The van der Waals surface area contributed by atoms with E-state index in [0.29, 0.717) is 37.3 Å². The topological polar surface area (TPSA) is 52.7 Å². The van der Waals surface area contributed by atoms with Gasteiger partial charge in [-0.25, -0.2) is 8.78 Å². The van der Waals surface area contributed by atoms with Gasteiger partial charge < -0.3 is 10.2 Å². The summed E-state index contributed by atoms with van der Waals surface area (Å²) in [6, 6.07) is 10.5. The lowest BCUT2D eigenvalue weighted by molar-refractivity contribution is -0.117. The Morgan fingerprint density at radius 1 is 1.00 bits per heavy atom. The second-order valence-corrected chi connectivity index (χ2v) is 6.56. The minimum Gasteiger partial charge on any atom is -0.336 e. The molecule has 1 saturated heterocycles. The lowest BCUT2D eigenvalue weighted by atomic mass is 10.1. The molecule has 0 bridgehead atoms. The Balaban J connectivity index is 1.51. The molecule has 0 radical (unpaired) electrons. The van der Waals surface area contributed by atoms with Crippen molar-refractivity contribution in [2.24, 2.45) is 0 Å². The molecular formula is C20H21F2N3O2. The SMILES string of the molecule is Cc1ccc(C(=O)N2CCN(CC(=O)Nc3ccccc3F)CC2)cc1F. The number of rotatable bonds is 4. The molecule has 0 aliphatic carbocycles. The molecule has 1 heterocycles. The third-order valence-corrected chi connectivity index (χ3v) is 4.59. The molecule has 0 saturated carbocycles. The molecule has 1 N–H and O–H groups in total. The van der Waals surface area contributed by atoms with Gasteiger partial charge in [-0.2, -0.15) is 0 Å². The highest BCUT2D eigenvalue weighted by atomic mass is 19.1. The number of nitrogens with zero attached hydrogens (tertiary/aromatic N) is 2. The number of anilines is 1. The molecule has 5 nitrogen and oxygen atoms in total. The first-order valence-corrected chi connectivity index (χ1v) is 8.76. The fraction of sp³-hybridized carbons (Fsp3) is 0.300. The van der Waals surface area contributed by atoms with E-state index < -0.39 is 11.6 Å². The minimum atomic E-state index is -0.480. The largest absolute Gasteiger partial charge is 0.336 e. The number of nitrogens with one attached hydrogen (secondary N) is 1. The Kier molecular flexibility index (Phi) is 5.81. The number of aryl methyl sites for hydroxylation is 1. The molecule has 0 spiro atoms. The van der Waals surface area contributed by atoms with E-state index in [1.54, 1.807) is 36.1 Å². The van der Waals surface area contributed by atoms with Crippen molar-refractivity contribution in [3.63, 3.8) is 0 Å². The van der Waals surface area contributed by atoms with Crippen molar-refractivity contribution in [2.45, 2.75) is 6.92 Å². The second kappa shape index (κ2) is 8.26. The van der Waals surface area contributed by atoms with Crippen molar-refractivity contribution in [3.8, 4) is 0 Å². The number of hydrogen-bond acceptors (Lipinski definition) is 3. The van der Waals surface area contributed by atoms with Crippen LogP contribution in [0.2, 0.25) is 0 Å². The summed E-state index contributed by atoms with van der Waals surface area (Å²) in [4.78, 5) is 28.1. The molecule has 1 fully saturated rings. The molecular weight excluding hydrogens is 352 g/mol. The summed E-state index contributed by atoms with van der Waals surface area (Å²) in [5.41, 5.74) is 0.971. The van der Waals surface area contributed by atoms with Gasteiger partial charge in [-0.15, -0.1) is 0 Å². The van der Waals surface area contributed by atoms with Crippen LogP contribution in [0.3, 0.4) is 0 Å². The van der Waals surface area contributed by atoms with Gasteiger partial charge in [0.25, 0.3) is 5.91 Å². The number of hydrogen-bond donors (Lipinski definition) is 1. The third-order valence-electron chi connectivity index (χ3n) is 4.59. The van der Waals surface area contributed by atoms with E-state index in [4.69, 9.17) is 0 Å². The molecule has 27 heavy (non-hydrogen) atoms. The maximum absolute atomic E-state index is 13.7. The van der Waals surface area contributed by atoms with Gasteiger partial charge in [-0.1, -0.05) is 18.2 Å². The number of piperazine rings is 1. The smallest absolute Gasteiger partial charge is 0.254 e. The van der Waals surface area contributed by atoms with Crippen molar-refractivity contribution < 1.29 is 18.4 Å². The monoisotopic (exact) mass is 373 g/mol. The minimum absolute atomic E-state index is 0.121. The first-order valence-electron chi connectivity index (χ1n) is 8.76. The van der Waals surface area contributed by atoms with Crippen molar-refractivity contribution in [2.75, 3.05) is 38.0 Å². The predicted octanol–water partition coefficient (Wildman–Crippen LogP) is 2.67. The van der Waals surface area contributed by atoms with Crippen LogP contribution in [0.4, 0.5) is 14.5 Å². The molecule has 0 aromatic heterocycles. The average Bonchev–Trinajstić information content (AvgIpc) is 2.66. The highest BCUT2D eigenvalue weighted by Crippen LogP contribution is 2.14. The molecule has 0 unspecified atom stereocenters. The quantitative estimate of drug-likeness (QED) is 0.897. The van der Waals surface area contributed by atoms with Crippen LogP contribution in [-0.2, 0) is 4.79 Å². The zero-order valence-corrected chi connectivity index (χ0v) is 15.0. The molecule has 2 aromatic carbocycles. The van der Waals surface area contributed by atoms with E-state index in [9.17, 15) is 18.4 Å². The average molecular weight is 373 g/mol. The molecule has 2 amide bonds. The highest BCUT2D eigenvalue weighted by molar-refractivity contribution is 5.94. The van der Waals surface area contributed by atoms with Crippen molar-refractivity contribution in [3.05, 3.63) is 65.2 Å². The van der Waals surface area contributed by atoms with E-state index in [2.05, 4.69) is 5.32 Å². The van der Waals surface area contributed by atoms with Gasteiger partial charge in [0.05, 0.1) is 12.2 Å². The van der Waals surface area contributed by atoms with Gasteiger partial charge in [0.2, 0.25) is 5.91 Å². The molecule has 7 heteroatoms. The van der Waals surface area contributed by atoms with Crippen LogP contribution < -0.4 is 5.32 Å². The van der Waals surface area contributed by atoms with Crippen LogP contribution >= 0.6 is 0 Å². The fourth-order valence-corrected chi connectivity index (χ4v) is 2.97. The van der Waals surface area contributed by atoms with Crippen molar-refractivity contribution in [1.82, 2.24) is 9.80 Å². The summed E-state index contributed by atoms with van der Waals surface area (Å²) in [7, 11) is 0. The summed E-state index contributed by atoms with van der Waals surface area (Å²) < 4.78 is 27.3. The van der Waals surface area contributed by atoms with Gasteiger partial charge in [-0.3, -0.25) is 14.5 Å². The third kappa shape index (κ3) is 4.68. The molecule has 1 aliphatic heterocycles. The summed E-state index contributed by atoms with van der Waals surface area (Å²) in [6.07, 6.45) is 0. The Morgan fingerprint density at radius 2 is 1.70 bits per heavy atom. The molecule has 2 aromatic rings. The Hall–Kier alpha value is -2.80. The zero-order chi connectivity index (χ0) is 19.4. The van der Waals surface area contributed by atoms with Crippen LogP contribution in [0.15, 0.2) is 42.5 Å². The number of benzene rings is 2. The summed E-state index contributed by atoms with van der Waals surface area (Å²) in [5.74, 6) is -1.40. The van der Waals surface area contributed by atoms with E-state index in [1.807, 2.05) is 4.90 Å². The number of carbonyl (C=O) groups is 2. The van der Waals surface area contributed by atoms with E-state index in [-0.39, 0.29) is 24.0 Å². The summed E-state index contributed by atoms with van der Waals surface area (Å²) >= 11 is 0. The first kappa shape index (κ1) is 19.0. The maximum atomic E-state index is 13.7. The number of amides is 2. The lowest BCUT2D eigenvalue weighted by Crippen LogP contribution is -2.50. The van der Waals surface area contributed by atoms with Gasteiger partial charge in [0, 0.05) is 31.7 Å². The van der Waals surface area contributed by atoms with Crippen molar-refractivity contribution in [1.29, 1.82) is 0 Å².